The lowest BCUT2D eigenvalue weighted by Crippen LogP contribution is -2.49. The number of nitriles is 1. The molecule has 2 saturated carbocycles. The summed E-state index contributed by atoms with van der Waals surface area (Å²) in [5.41, 5.74) is -0.316. The van der Waals surface area contributed by atoms with Crippen LogP contribution < -0.4 is 5.32 Å². The van der Waals surface area contributed by atoms with E-state index in [0.29, 0.717) is 36.6 Å². The second kappa shape index (κ2) is 5.86. The van der Waals surface area contributed by atoms with Crippen LogP contribution in [0.15, 0.2) is 0 Å². The lowest BCUT2D eigenvalue weighted by molar-refractivity contribution is 0.232. The van der Waals surface area contributed by atoms with Crippen molar-refractivity contribution in [2.45, 2.75) is 50.1 Å². The molecule has 5 nitrogen and oxygen atoms in total. The van der Waals surface area contributed by atoms with Crippen molar-refractivity contribution < 1.29 is 8.42 Å². The highest BCUT2D eigenvalue weighted by molar-refractivity contribution is 7.91. The van der Waals surface area contributed by atoms with Crippen LogP contribution in [0.25, 0.3) is 0 Å². The zero-order valence-corrected chi connectivity index (χ0v) is 13.4. The Morgan fingerprint density at radius 3 is 2.57 bits per heavy atom. The Hall–Kier alpha value is -0.640. The summed E-state index contributed by atoms with van der Waals surface area (Å²) in [6.07, 6.45) is 6.65. The summed E-state index contributed by atoms with van der Waals surface area (Å²) >= 11 is 0. The fraction of sp³-hybridized carbons (Fsp3) is 0.933. The van der Waals surface area contributed by atoms with Crippen LogP contribution in [-0.2, 0) is 9.84 Å². The topological polar surface area (TPSA) is 73.2 Å². The van der Waals surface area contributed by atoms with E-state index in [-0.39, 0.29) is 5.54 Å². The molecule has 0 aromatic carbocycles. The highest BCUT2D eigenvalue weighted by atomic mass is 32.2. The molecule has 2 aliphatic carbocycles. The molecular formula is C15H25N3O2S. The standard InChI is InChI=1S/C15H25N3O2S/c16-12-15(17-14-3-4-14)6-1-2-13(15)5-7-18-8-10-21(19,20)11-9-18/h13-14,17H,1-11H2. The van der Waals surface area contributed by atoms with Crippen LogP contribution in [0.5, 0.6) is 0 Å². The molecule has 6 heteroatoms. The van der Waals surface area contributed by atoms with Gasteiger partial charge in [0.2, 0.25) is 0 Å². The van der Waals surface area contributed by atoms with E-state index in [9.17, 15) is 13.7 Å². The molecule has 0 radical (unpaired) electrons. The van der Waals surface area contributed by atoms with E-state index in [4.69, 9.17) is 0 Å². The van der Waals surface area contributed by atoms with Crippen LogP contribution in [0.3, 0.4) is 0 Å². The van der Waals surface area contributed by atoms with E-state index in [1.807, 2.05) is 0 Å². The van der Waals surface area contributed by atoms with Gasteiger partial charge in [0.25, 0.3) is 0 Å². The minimum absolute atomic E-state index is 0.293. The first-order valence-corrected chi connectivity index (χ1v) is 9.97. The van der Waals surface area contributed by atoms with Gasteiger partial charge in [0.15, 0.2) is 9.84 Å². The third-order valence-corrected chi connectivity index (χ3v) is 6.90. The van der Waals surface area contributed by atoms with Crippen molar-refractivity contribution in [2.75, 3.05) is 31.1 Å². The van der Waals surface area contributed by atoms with Gasteiger partial charge in [-0.1, -0.05) is 6.42 Å². The number of hydrogen-bond donors (Lipinski definition) is 1. The first kappa shape index (κ1) is 15.3. The zero-order valence-electron chi connectivity index (χ0n) is 12.6. The molecule has 2 unspecified atom stereocenters. The third kappa shape index (κ3) is 3.58. The van der Waals surface area contributed by atoms with Crippen molar-refractivity contribution >= 4 is 9.84 Å². The summed E-state index contributed by atoms with van der Waals surface area (Å²) in [6, 6.07) is 3.13. The van der Waals surface area contributed by atoms with Crippen LogP contribution >= 0.6 is 0 Å². The maximum atomic E-state index is 11.5. The van der Waals surface area contributed by atoms with Crippen LogP contribution in [0.1, 0.15) is 38.5 Å². The van der Waals surface area contributed by atoms with E-state index in [2.05, 4.69) is 16.3 Å². The molecule has 1 aliphatic heterocycles. The van der Waals surface area contributed by atoms with Crippen LogP contribution in [0, 0.1) is 17.2 Å². The molecule has 0 spiro atoms. The summed E-state index contributed by atoms with van der Waals surface area (Å²) in [4.78, 5) is 2.25. The van der Waals surface area contributed by atoms with E-state index >= 15 is 0 Å². The number of hydrogen-bond acceptors (Lipinski definition) is 5. The summed E-state index contributed by atoms with van der Waals surface area (Å²) in [5.74, 6) is 1.00. The van der Waals surface area contributed by atoms with Gasteiger partial charge in [-0.05, 0) is 44.6 Å². The molecule has 1 heterocycles. The fourth-order valence-corrected chi connectivity index (χ4v) is 5.02. The van der Waals surface area contributed by atoms with Crippen LogP contribution in [0.2, 0.25) is 0 Å². The maximum Gasteiger partial charge on any atom is 0.152 e. The Kier molecular flexibility index (Phi) is 4.26. The quantitative estimate of drug-likeness (QED) is 0.817. The molecule has 1 N–H and O–H groups in total. The summed E-state index contributed by atoms with van der Waals surface area (Å²) in [7, 11) is -2.79. The first-order valence-electron chi connectivity index (χ1n) is 8.15. The lowest BCUT2D eigenvalue weighted by Gasteiger charge is -2.33. The number of nitrogens with zero attached hydrogens (tertiary/aromatic N) is 2. The number of nitrogens with one attached hydrogen (secondary N) is 1. The van der Waals surface area contributed by atoms with Gasteiger partial charge in [-0.2, -0.15) is 5.26 Å². The normalized spacial score (nSPS) is 36.4. The predicted molar refractivity (Wildman–Crippen MR) is 81.6 cm³/mol. The molecule has 2 atom stereocenters. The van der Waals surface area contributed by atoms with Gasteiger partial charge in [0.1, 0.15) is 5.54 Å². The Morgan fingerprint density at radius 1 is 1.24 bits per heavy atom. The Balaban J connectivity index is 1.53. The average Bonchev–Trinajstić information content (AvgIpc) is 3.17. The maximum absolute atomic E-state index is 11.5. The lowest BCUT2D eigenvalue weighted by atomic mass is 9.85. The molecule has 21 heavy (non-hydrogen) atoms. The van der Waals surface area contributed by atoms with Gasteiger partial charge in [-0.25, -0.2) is 8.42 Å². The molecule has 118 valence electrons. The van der Waals surface area contributed by atoms with Crippen molar-refractivity contribution in [3.8, 4) is 6.07 Å². The van der Waals surface area contributed by atoms with Gasteiger partial charge >= 0.3 is 0 Å². The van der Waals surface area contributed by atoms with Crippen molar-refractivity contribution in [3.63, 3.8) is 0 Å². The van der Waals surface area contributed by atoms with E-state index in [0.717, 1.165) is 32.2 Å². The first-order chi connectivity index (χ1) is 10.0. The molecule has 1 saturated heterocycles. The Morgan fingerprint density at radius 2 is 1.95 bits per heavy atom. The van der Waals surface area contributed by atoms with Gasteiger partial charge in [-0.15, -0.1) is 0 Å². The smallest absolute Gasteiger partial charge is 0.152 e. The van der Waals surface area contributed by atoms with Gasteiger partial charge in [0, 0.05) is 19.1 Å². The predicted octanol–water partition coefficient (Wildman–Crippen LogP) is 0.921. The van der Waals surface area contributed by atoms with E-state index < -0.39 is 9.84 Å². The molecular weight excluding hydrogens is 286 g/mol. The summed E-state index contributed by atoms with van der Waals surface area (Å²) in [5, 5.41) is 13.3. The second-order valence-corrected chi connectivity index (χ2v) is 9.18. The second-order valence-electron chi connectivity index (χ2n) is 6.87. The Labute approximate surface area is 127 Å². The van der Waals surface area contributed by atoms with Crippen molar-refractivity contribution in [3.05, 3.63) is 0 Å². The molecule has 3 rings (SSSR count). The average molecular weight is 311 g/mol. The van der Waals surface area contributed by atoms with E-state index in [1.165, 1.54) is 12.8 Å². The molecule has 0 aromatic heterocycles. The van der Waals surface area contributed by atoms with Crippen LogP contribution in [-0.4, -0.2) is 56.0 Å². The van der Waals surface area contributed by atoms with Gasteiger partial charge < -0.3 is 4.90 Å². The molecule has 3 aliphatic rings. The van der Waals surface area contributed by atoms with Crippen LogP contribution in [0.4, 0.5) is 0 Å². The largest absolute Gasteiger partial charge is 0.301 e. The van der Waals surface area contributed by atoms with Crippen molar-refractivity contribution in [1.82, 2.24) is 10.2 Å². The monoisotopic (exact) mass is 311 g/mol. The minimum atomic E-state index is -2.79. The van der Waals surface area contributed by atoms with Crippen molar-refractivity contribution in [2.24, 2.45) is 5.92 Å². The zero-order chi connectivity index (χ0) is 14.9. The van der Waals surface area contributed by atoms with Gasteiger partial charge in [-0.3, -0.25) is 5.32 Å². The highest BCUT2D eigenvalue weighted by Crippen LogP contribution is 2.40. The number of sulfone groups is 1. The summed E-state index contributed by atoms with van der Waals surface area (Å²) in [6.45, 7) is 2.24. The molecule has 0 bridgehead atoms. The van der Waals surface area contributed by atoms with Crippen molar-refractivity contribution in [1.29, 1.82) is 5.26 Å². The third-order valence-electron chi connectivity index (χ3n) is 5.29. The SMILES string of the molecule is N#CC1(NC2CC2)CCCC1CCN1CCS(=O)(=O)CC1. The fourth-order valence-electron chi connectivity index (χ4n) is 3.74. The van der Waals surface area contributed by atoms with Gasteiger partial charge in [0.05, 0.1) is 17.6 Å². The minimum Gasteiger partial charge on any atom is -0.301 e. The Bertz CT molecular complexity index is 510. The molecule has 0 amide bonds. The van der Waals surface area contributed by atoms with E-state index in [1.54, 1.807) is 0 Å². The summed E-state index contributed by atoms with van der Waals surface area (Å²) < 4.78 is 22.9. The molecule has 3 fully saturated rings. The number of rotatable bonds is 5. The molecule has 0 aromatic rings. The highest BCUT2D eigenvalue weighted by Gasteiger charge is 2.45.